The molecule has 1 aromatic heterocycles. The van der Waals surface area contributed by atoms with Crippen LogP contribution in [0.3, 0.4) is 0 Å². The zero-order chi connectivity index (χ0) is 32.5. The molecule has 0 aliphatic carbocycles. The molecule has 0 saturated carbocycles. The maximum absolute atomic E-state index is 13.6. The molecule has 0 unspecified atom stereocenters. The highest BCUT2D eigenvalue weighted by atomic mass is 35.5. The summed E-state index contributed by atoms with van der Waals surface area (Å²) in [7, 11) is 0. The lowest BCUT2D eigenvalue weighted by Gasteiger charge is -2.26. The molecule has 5 rings (SSSR count). The van der Waals surface area contributed by atoms with Crippen LogP contribution in [0.25, 0.3) is 17.0 Å². The largest absolute Gasteiger partial charge is 0.444 e. The minimum absolute atomic E-state index is 0.000895. The number of amides is 3. The van der Waals surface area contributed by atoms with Crippen molar-refractivity contribution in [1.29, 1.82) is 0 Å². The first-order valence-electron chi connectivity index (χ1n) is 14.4. The standard InChI is InChI=1S/C31H33ClF3N5O4S/c1-30(2,3)44-28(42)38-10-4-9-37(11-13-38)12-14-39-27(41)26(45-29(39)43)16-20-5-8-25-22(15-20)18-36-40(25)19-21-6-7-23(32)17-24(21)31(33,34)35/h5-8,15-18H,4,9-14,19H2,1-3H3/b26-16+. The van der Waals surface area contributed by atoms with E-state index in [1.54, 1.807) is 35.4 Å². The lowest BCUT2D eigenvalue weighted by molar-refractivity contribution is -0.138. The number of benzene rings is 2. The molecule has 2 aromatic carbocycles. The highest BCUT2D eigenvalue weighted by Crippen LogP contribution is 2.35. The Balaban J connectivity index is 1.22. The van der Waals surface area contributed by atoms with Crippen LogP contribution in [0.1, 0.15) is 43.9 Å². The predicted octanol–water partition coefficient (Wildman–Crippen LogP) is 6.74. The molecule has 0 atom stereocenters. The minimum atomic E-state index is -4.56. The number of ether oxygens (including phenoxy) is 1. The highest BCUT2D eigenvalue weighted by Gasteiger charge is 2.36. The van der Waals surface area contributed by atoms with E-state index in [0.717, 1.165) is 30.8 Å². The number of rotatable bonds is 6. The fourth-order valence-corrected chi connectivity index (χ4v) is 6.26. The third kappa shape index (κ3) is 8.00. The lowest BCUT2D eigenvalue weighted by atomic mass is 10.1. The number of hydrogen-bond acceptors (Lipinski definition) is 7. The van der Waals surface area contributed by atoms with Crippen molar-refractivity contribution in [3.8, 4) is 0 Å². The molecule has 2 saturated heterocycles. The van der Waals surface area contributed by atoms with Crippen LogP contribution in [0.5, 0.6) is 0 Å². The minimum Gasteiger partial charge on any atom is -0.444 e. The smallest absolute Gasteiger partial charge is 0.416 e. The van der Waals surface area contributed by atoms with Gasteiger partial charge in [-0.1, -0.05) is 23.7 Å². The number of halogens is 4. The van der Waals surface area contributed by atoms with Gasteiger partial charge in [0.05, 0.1) is 28.7 Å². The van der Waals surface area contributed by atoms with Crippen LogP contribution < -0.4 is 0 Å². The number of carbonyl (C=O) groups is 3. The summed E-state index contributed by atoms with van der Waals surface area (Å²) in [6, 6.07) is 8.89. The van der Waals surface area contributed by atoms with Crippen LogP contribution in [0.2, 0.25) is 5.02 Å². The molecule has 0 radical (unpaired) electrons. The van der Waals surface area contributed by atoms with Crippen molar-refractivity contribution in [2.75, 3.05) is 39.3 Å². The summed E-state index contributed by atoms with van der Waals surface area (Å²) in [5.74, 6) is -0.381. The number of nitrogens with zero attached hydrogens (tertiary/aromatic N) is 5. The van der Waals surface area contributed by atoms with E-state index in [1.165, 1.54) is 21.7 Å². The summed E-state index contributed by atoms with van der Waals surface area (Å²) in [4.78, 5) is 43.7. The molecular formula is C31H33ClF3N5O4S. The van der Waals surface area contributed by atoms with Crippen LogP contribution in [0.4, 0.5) is 22.8 Å². The summed E-state index contributed by atoms with van der Waals surface area (Å²) in [6.07, 6.45) is -0.971. The Bertz CT molecular complexity index is 1650. The van der Waals surface area contributed by atoms with Crippen LogP contribution in [0.15, 0.2) is 47.5 Å². The van der Waals surface area contributed by atoms with Gasteiger partial charge < -0.3 is 9.64 Å². The first-order valence-corrected chi connectivity index (χ1v) is 15.6. The van der Waals surface area contributed by atoms with Crippen molar-refractivity contribution in [3.63, 3.8) is 0 Å². The topological polar surface area (TPSA) is 88.0 Å². The molecule has 0 spiro atoms. The zero-order valence-electron chi connectivity index (χ0n) is 25.1. The molecule has 2 aliphatic heterocycles. The normalized spacial score (nSPS) is 17.9. The van der Waals surface area contributed by atoms with Crippen LogP contribution in [-0.4, -0.2) is 86.6 Å². The SMILES string of the molecule is CC(C)(C)OC(=O)N1CCCN(CCN2C(=O)S/C(=C/c3ccc4c(cnn4Cc4ccc(Cl)cc4C(F)(F)F)c3)C2=O)CC1. The molecule has 2 fully saturated rings. The summed E-state index contributed by atoms with van der Waals surface area (Å²) >= 11 is 6.68. The Labute approximate surface area is 267 Å². The van der Waals surface area contributed by atoms with Crippen molar-refractivity contribution in [2.24, 2.45) is 0 Å². The van der Waals surface area contributed by atoms with Crippen LogP contribution in [-0.2, 0) is 22.3 Å². The van der Waals surface area contributed by atoms with Gasteiger partial charge in [0.25, 0.3) is 11.1 Å². The average Bonchev–Trinajstić information content (AvgIpc) is 3.34. The van der Waals surface area contributed by atoms with E-state index in [0.29, 0.717) is 42.6 Å². The lowest BCUT2D eigenvalue weighted by Crippen LogP contribution is -2.41. The Morgan fingerprint density at radius 3 is 2.56 bits per heavy atom. The van der Waals surface area contributed by atoms with Gasteiger partial charge in [-0.15, -0.1) is 0 Å². The first-order chi connectivity index (χ1) is 21.2. The highest BCUT2D eigenvalue weighted by molar-refractivity contribution is 8.18. The van der Waals surface area contributed by atoms with Gasteiger partial charge in [-0.3, -0.25) is 24.1 Å². The van der Waals surface area contributed by atoms with Gasteiger partial charge in [0.15, 0.2) is 0 Å². The van der Waals surface area contributed by atoms with E-state index >= 15 is 0 Å². The second-order valence-corrected chi connectivity index (χ2v) is 13.3. The van der Waals surface area contributed by atoms with E-state index in [2.05, 4.69) is 10.00 Å². The Morgan fingerprint density at radius 1 is 1.04 bits per heavy atom. The summed E-state index contributed by atoms with van der Waals surface area (Å²) in [5, 5.41) is 4.60. The molecular weight excluding hydrogens is 631 g/mol. The molecule has 45 heavy (non-hydrogen) atoms. The van der Waals surface area contributed by atoms with Crippen molar-refractivity contribution >= 4 is 57.6 Å². The second kappa shape index (κ2) is 13.1. The molecule has 0 N–H and O–H groups in total. The van der Waals surface area contributed by atoms with Crippen molar-refractivity contribution in [3.05, 3.63) is 69.2 Å². The van der Waals surface area contributed by atoms with E-state index in [4.69, 9.17) is 16.3 Å². The molecule has 3 heterocycles. The molecule has 3 aromatic rings. The molecule has 2 aliphatic rings. The molecule has 9 nitrogen and oxygen atoms in total. The number of hydrogen-bond donors (Lipinski definition) is 0. The van der Waals surface area contributed by atoms with Gasteiger partial charge in [0.2, 0.25) is 0 Å². The summed E-state index contributed by atoms with van der Waals surface area (Å²) < 4.78 is 47.7. The van der Waals surface area contributed by atoms with E-state index in [-0.39, 0.29) is 45.8 Å². The second-order valence-electron chi connectivity index (χ2n) is 11.9. The van der Waals surface area contributed by atoms with Crippen molar-refractivity contribution < 1.29 is 32.3 Å². The van der Waals surface area contributed by atoms with Gasteiger partial charge >= 0.3 is 12.3 Å². The van der Waals surface area contributed by atoms with Crippen LogP contribution in [0, 0.1) is 0 Å². The molecule has 0 bridgehead atoms. The van der Waals surface area contributed by atoms with Crippen molar-refractivity contribution in [2.45, 2.75) is 45.5 Å². The number of thioether (sulfide) groups is 1. The number of fused-ring (bicyclic) bond motifs is 1. The molecule has 240 valence electrons. The number of aromatic nitrogens is 2. The van der Waals surface area contributed by atoms with E-state index in [1.807, 2.05) is 20.8 Å². The van der Waals surface area contributed by atoms with Gasteiger partial charge in [0.1, 0.15) is 5.60 Å². The fraction of sp³-hybridized carbons (Fsp3) is 0.419. The Kier molecular flexibility index (Phi) is 9.52. The maximum Gasteiger partial charge on any atom is 0.416 e. The number of carbonyl (C=O) groups excluding carboxylic acids is 3. The quantitative estimate of drug-likeness (QED) is 0.270. The monoisotopic (exact) mass is 663 g/mol. The van der Waals surface area contributed by atoms with Crippen LogP contribution >= 0.6 is 23.4 Å². The third-order valence-corrected chi connectivity index (χ3v) is 8.56. The summed E-state index contributed by atoms with van der Waals surface area (Å²) in [5.41, 5.74) is -0.0752. The van der Waals surface area contributed by atoms with Crippen molar-refractivity contribution in [1.82, 2.24) is 24.5 Å². The number of alkyl halides is 3. The zero-order valence-corrected chi connectivity index (χ0v) is 26.6. The Morgan fingerprint density at radius 2 is 1.82 bits per heavy atom. The molecule has 14 heteroatoms. The van der Waals surface area contributed by atoms with Gasteiger partial charge in [-0.25, -0.2) is 4.79 Å². The van der Waals surface area contributed by atoms with Gasteiger partial charge in [-0.05, 0) is 87.0 Å². The average molecular weight is 664 g/mol. The maximum atomic E-state index is 13.6. The van der Waals surface area contributed by atoms with Gasteiger partial charge in [0, 0.05) is 43.1 Å². The predicted molar refractivity (Wildman–Crippen MR) is 167 cm³/mol. The Hall–Kier alpha value is -3.55. The van der Waals surface area contributed by atoms with Gasteiger partial charge in [-0.2, -0.15) is 18.3 Å². The first kappa shape index (κ1) is 32.8. The van der Waals surface area contributed by atoms with E-state index in [9.17, 15) is 27.6 Å². The third-order valence-electron chi connectivity index (χ3n) is 7.41. The molecule has 3 amide bonds. The number of imide groups is 1. The van der Waals surface area contributed by atoms with E-state index < -0.39 is 17.3 Å². The fourth-order valence-electron chi connectivity index (χ4n) is 5.22. The summed E-state index contributed by atoms with van der Waals surface area (Å²) in [6.45, 7) is 8.51.